The summed E-state index contributed by atoms with van der Waals surface area (Å²) in [5, 5.41) is 0. The number of hydrogen-bond donors (Lipinski definition) is 1. The maximum atomic E-state index is 6.34. The SMILES string of the molecule is NCC1CN(Cc2ccccc2)CCN2CCCN(Cc3ccccc3)CCN1CC2. The minimum absolute atomic E-state index is 0.418. The first-order valence-corrected chi connectivity index (χ1v) is 12.0. The van der Waals surface area contributed by atoms with Crippen molar-refractivity contribution in [1.29, 1.82) is 0 Å². The normalized spacial score (nSPS) is 26.7. The van der Waals surface area contributed by atoms with E-state index in [0.717, 1.165) is 65.4 Å². The Bertz CT molecular complexity index is 753. The average molecular weight is 422 g/mol. The van der Waals surface area contributed by atoms with Crippen LogP contribution in [0.3, 0.4) is 0 Å². The molecule has 2 heterocycles. The molecule has 0 amide bonds. The summed E-state index contributed by atoms with van der Waals surface area (Å²) in [6.45, 7) is 13.0. The number of benzene rings is 2. The third-order valence-corrected chi connectivity index (χ3v) is 6.84. The zero-order chi connectivity index (χ0) is 21.3. The number of fused-ring (bicyclic) bond motifs is 3. The molecule has 5 heteroatoms. The second-order valence-electron chi connectivity index (χ2n) is 9.10. The fraction of sp³-hybridized carbons (Fsp3) is 0.538. The topological polar surface area (TPSA) is 39.0 Å². The maximum absolute atomic E-state index is 6.34. The third kappa shape index (κ3) is 6.86. The summed E-state index contributed by atoms with van der Waals surface area (Å²) in [7, 11) is 0. The predicted octanol–water partition coefficient (Wildman–Crippen LogP) is 2.34. The van der Waals surface area contributed by atoms with Gasteiger partial charge in [-0.3, -0.25) is 14.7 Å². The molecule has 2 aromatic rings. The molecule has 2 saturated heterocycles. The molecule has 31 heavy (non-hydrogen) atoms. The van der Waals surface area contributed by atoms with Crippen molar-refractivity contribution in [2.45, 2.75) is 25.6 Å². The van der Waals surface area contributed by atoms with Gasteiger partial charge in [-0.1, -0.05) is 60.7 Å². The molecule has 2 fully saturated rings. The van der Waals surface area contributed by atoms with Gasteiger partial charge >= 0.3 is 0 Å². The van der Waals surface area contributed by atoms with Gasteiger partial charge in [0.1, 0.15) is 0 Å². The van der Waals surface area contributed by atoms with Crippen LogP contribution in [0.4, 0.5) is 0 Å². The Morgan fingerprint density at radius 1 is 0.645 bits per heavy atom. The van der Waals surface area contributed by atoms with E-state index in [2.05, 4.69) is 80.3 Å². The van der Waals surface area contributed by atoms with E-state index >= 15 is 0 Å². The molecule has 2 N–H and O–H groups in total. The van der Waals surface area contributed by atoms with Crippen molar-refractivity contribution in [2.24, 2.45) is 5.73 Å². The molecule has 3 unspecified atom stereocenters. The van der Waals surface area contributed by atoms with E-state index in [1.807, 2.05) is 0 Å². The maximum Gasteiger partial charge on any atom is 0.0346 e. The Balaban J connectivity index is 1.46. The van der Waals surface area contributed by atoms with Crippen molar-refractivity contribution in [2.75, 3.05) is 65.4 Å². The van der Waals surface area contributed by atoms with E-state index in [9.17, 15) is 0 Å². The van der Waals surface area contributed by atoms with Crippen molar-refractivity contribution in [3.8, 4) is 0 Å². The Kier molecular flexibility index (Phi) is 8.50. The fourth-order valence-electron chi connectivity index (χ4n) is 4.98. The van der Waals surface area contributed by atoms with Gasteiger partial charge in [0.2, 0.25) is 0 Å². The molecule has 168 valence electrons. The van der Waals surface area contributed by atoms with Crippen molar-refractivity contribution in [1.82, 2.24) is 19.6 Å². The van der Waals surface area contributed by atoms with Gasteiger partial charge in [-0.2, -0.15) is 0 Å². The fourth-order valence-corrected chi connectivity index (χ4v) is 4.98. The first-order chi connectivity index (χ1) is 15.3. The quantitative estimate of drug-likeness (QED) is 0.802. The van der Waals surface area contributed by atoms with Crippen molar-refractivity contribution in [3.05, 3.63) is 71.8 Å². The second kappa shape index (κ2) is 11.7. The molecular weight excluding hydrogens is 382 g/mol. The van der Waals surface area contributed by atoms with E-state index in [-0.39, 0.29) is 0 Å². The van der Waals surface area contributed by atoms with Gasteiger partial charge in [0.25, 0.3) is 0 Å². The molecule has 2 aliphatic rings. The standard InChI is InChI=1S/C26H39N5/c27-20-26-23-30(22-25-10-5-2-6-11-25)15-14-28-12-7-13-29(17-19-31(26)18-16-28)21-24-8-3-1-4-9-24/h1-6,8-11,26H,7,12-23,27H2. The summed E-state index contributed by atoms with van der Waals surface area (Å²) in [5.74, 6) is 0. The Hall–Kier alpha value is -1.76. The Labute approximate surface area is 188 Å². The minimum Gasteiger partial charge on any atom is -0.329 e. The van der Waals surface area contributed by atoms with Crippen LogP contribution >= 0.6 is 0 Å². The molecular formula is C26H39N5. The first-order valence-electron chi connectivity index (χ1n) is 12.0. The second-order valence-corrected chi connectivity index (χ2v) is 9.10. The Morgan fingerprint density at radius 2 is 1.23 bits per heavy atom. The molecule has 0 saturated carbocycles. The van der Waals surface area contributed by atoms with Crippen molar-refractivity contribution < 1.29 is 0 Å². The lowest BCUT2D eigenvalue weighted by atomic mass is 10.1. The number of hydrogen-bond acceptors (Lipinski definition) is 5. The van der Waals surface area contributed by atoms with Crippen LogP contribution in [0.5, 0.6) is 0 Å². The lowest BCUT2D eigenvalue weighted by Crippen LogP contribution is -2.51. The van der Waals surface area contributed by atoms with Crippen LogP contribution in [-0.4, -0.2) is 91.1 Å². The van der Waals surface area contributed by atoms with Gasteiger partial charge in [-0.25, -0.2) is 0 Å². The molecule has 0 aliphatic carbocycles. The molecule has 2 bridgehead atoms. The average Bonchev–Trinajstić information content (AvgIpc) is 2.89. The molecule has 0 radical (unpaired) electrons. The summed E-state index contributed by atoms with van der Waals surface area (Å²) in [5.41, 5.74) is 9.15. The number of nitrogens with two attached hydrogens (primary N) is 1. The zero-order valence-electron chi connectivity index (χ0n) is 18.9. The van der Waals surface area contributed by atoms with Gasteiger partial charge in [0, 0.05) is 71.5 Å². The highest BCUT2D eigenvalue weighted by molar-refractivity contribution is 5.15. The van der Waals surface area contributed by atoms with Crippen LogP contribution in [0.1, 0.15) is 17.5 Å². The molecule has 0 spiro atoms. The summed E-state index contributed by atoms with van der Waals surface area (Å²) in [6.07, 6.45) is 1.24. The van der Waals surface area contributed by atoms with Crippen molar-refractivity contribution in [3.63, 3.8) is 0 Å². The number of nitrogens with zero attached hydrogens (tertiary/aromatic N) is 4. The van der Waals surface area contributed by atoms with Crippen LogP contribution < -0.4 is 5.73 Å². The van der Waals surface area contributed by atoms with Crippen molar-refractivity contribution >= 4 is 0 Å². The van der Waals surface area contributed by atoms with Gasteiger partial charge < -0.3 is 10.6 Å². The van der Waals surface area contributed by atoms with Crippen LogP contribution in [-0.2, 0) is 13.1 Å². The van der Waals surface area contributed by atoms with Gasteiger partial charge in [0.05, 0.1) is 0 Å². The van der Waals surface area contributed by atoms with Crippen LogP contribution in [0.25, 0.3) is 0 Å². The highest BCUT2D eigenvalue weighted by atomic mass is 15.3. The first kappa shape index (κ1) is 22.4. The molecule has 2 aliphatic heterocycles. The Morgan fingerprint density at radius 3 is 1.90 bits per heavy atom. The zero-order valence-corrected chi connectivity index (χ0v) is 18.9. The summed E-state index contributed by atoms with van der Waals surface area (Å²) in [4.78, 5) is 10.6. The van der Waals surface area contributed by atoms with Gasteiger partial charge in [-0.15, -0.1) is 0 Å². The minimum atomic E-state index is 0.418. The third-order valence-electron chi connectivity index (χ3n) is 6.84. The molecule has 0 aromatic heterocycles. The lowest BCUT2D eigenvalue weighted by molar-refractivity contribution is 0.118. The molecule has 3 atom stereocenters. The lowest BCUT2D eigenvalue weighted by Gasteiger charge is -2.36. The highest BCUT2D eigenvalue weighted by Crippen LogP contribution is 2.14. The highest BCUT2D eigenvalue weighted by Gasteiger charge is 2.25. The molecule has 2 aromatic carbocycles. The predicted molar refractivity (Wildman–Crippen MR) is 129 cm³/mol. The monoisotopic (exact) mass is 421 g/mol. The van der Waals surface area contributed by atoms with Crippen LogP contribution in [0.2, 0.25) is 0 Å². The van der Waals surface area contributed by atoms with E-state index < -0.39 is 0 Å². The summed E-state index contributed by atoms with van der Waals surface area (Å²) >= 11 is 0. The van der Waals surface area contributed by atoms with E-state index in [4.69, 9.17) is 5.73 Å². The smallest absolute Gasteiger partial charge is 0.0346 e. The number of rotatable bonds is 5. The van der Waals surface area contributed by atoms with Gasteiger partial charge in [-0.05, 0) is 30.6 Å². The largest absolute Gasteiger partial charge is 0.329 e. The van der Waals surface area contributed by atoms with E-state index in [1.165, 1.54) is 30.6 Å². The molecule has 5 nitrogen and oxygen atoms in total. The summed E-state index contributed by atoms with van der Waals surface area (Å²) in [6, 6.07) is 22.2. The summed E-state index contributed by atoms with van der Waals surface area (Å²) < 4.78 is 0. The molecule has 4 rings (SSSR count). The van der Waals surface area contributed by atoms with E-state index in [1.54, 1.807) is 0 Å². The van der Waals surface area contributed by atoms with E-state index in [0.29, 0.717) is 6.04 Å². The van der Waals surface area contributed by atoms with Gasteiger partial charge in [0.15, 0.2) is 0 Å². The van der Waals surface area contributed by atoms with Crippen LogP contribution in [0.15, 0.2) is 60.7 Å². The van der Waals surface area contributed by atoms with Crippen LogP contribution in [0, 0.1) is 0 Å².